The van der Waals surface area contributed by atoms with Gasteiger partial charge in [-0.2, -0.15) is 0 Å². The summed E-state index contributed by atoms with van der Waals surface area (Å²) in [6.07, 6.45) is 2.08. The summed E-state index contributed by atoms with van der Waals surface area (Å²) < 4.78 is 0. The molecule has 1 heterocycles. The average molecular weight is 2030 g/mol. The van der Waals surface area contributed by atoms with Crippen LogP contribution in [-0.2, 0) is 101 Å². The van der Waals surface area contributed by atoms with Gasteiger partial charge in [0, 0.05) is 11.5 Å². The van der Waals surface area contributed by atoms with Crippen molar-refractivity contribution in [2.24, 2.45) is 76.2 Å². The minimum absolute atomic E-state index is 0.0141. The Kier molecular flexibility index (Phi) is 61.6. The summed E-state index contributed by atoms with van der Waals surface area (Å²) >= 11 is 0. The number of unbranched alkanes of at least 4 members (excludes halogenated alkanes) is 3. The van der Waals surface area contributed by atoms with Gasteiger partial charge in [0.25, 0.3) is 0 Å². The standard InChI is InChI=1S/C90H162N24O24S2/c1-45(2)31-57(105-88(135)73(52(15)16)113-80(127)56(27-21-24-30-93)103-85(132)63(42-116)107-83(130)60(34-48(7)8)104-81(128)58(32-46(3)4)100-66(117)36-94)75(122)95-39-69(120)111-71(50(11)12)86(133)98-38-67(118)99-54(25-19-22-28-91)78(125)102-55(26-20-23-29-92)79(126)114-74(53(17)18)89(136)106-61(35-49(9)10)84(131)109-64-43-139-140-44-65(90(137)138)110-82(129)59(33-47(5)6)101-68(119)37-96-76(123)62(41-115)108-87(134)72(51(13)14)112-70(121)40-97-77(64)124/h45-65,71-74,115-116H,19-44,91-94H2,1-18H3,(H,95,122)(H,96,123)(H,97,124)(H,98,133)(H,99,118)(H,100,117)(H,101,119)(H,102,125)(H,103,132)(H,104,128)(H,105,135)(H,106,136)(H,107,130)(H,108,134)(H,109,131)(H,110,129)(H,111,120)(H,112,121)(H,113,127)(H,114,126)(H,137,138)/t54-,55-,56-,57-,58-,59-,60-,61-,62-,63-,64?,65?,71-,72-,73-,74-/m0/s1. The van der Waals surface area contributed by atoms with Crippen molar-refractivity contribution in [1.29, 1.82) is 0 Å². The van der Waals surface area contributed by atoms with Crippen molar-refractivity contribution in [3.05, 3.63) is 0 Å². The number of rotatable bonds is 57. The summed E-state index contributed by atoms with van der Waals surface area (Å²) in [5.74, 6) is -23.5. The number of nitrogens with two attached hydrogens (primary N) is 4. The van der Waals surface area contributed by atoms with Crippen LogP contribution in [0, 0.1) is 53.3 Å². The molecule has 16 atom stereocenters. The topological polar surface area (TPSA) is 764 Å². The van der Waals surface area contributed by atoms with Gasteiger partial charge < -0.3 is 145 Å². The van der Waals surface area contributed by atoms with Gasteiger partial charge in [-0.15, -0.1) is 0 Å². The minimum Gasteiger partial charge on any atom is -0.480 e. The lowest BCUT2D eigenvalue weighted by molar-refractivity contribution is -0.141. The molecule has 0 aliphatic carbocycles. The van der Waals surface area contributed by atoms with E-state index in [9.17, 15) is 116 Å². The number of carboxylic acids is 1. The van der Waals surface area contributed by atoms with E-state index in [4.69, 9.17) is 22.9 Å². The van der Waals surface area contributed by atoms with Crippen LogP contribution in [0.5, 0.6) is 0 Å². The first-order valence-electron chi connectivity index (χ1n) is 48.1. The quantitative estimate of drug-likeness (QED) is 0.0199. The Morgan fingerprint density at radius 3 is 1.14 bits per heavy atom. The maximum atomic E-state index is 14.7. The first-order valence-corrected chi connectivity index (χ1v) is 50.6. The van der Waals surface area contributed by atoms with Crippen LogP contribution in [0.25, 0.3) is 0 Å². The monoisotopic (exact) mass is 2030 g/mol. The lowest BCUT2D eigenvalue weighted by atomic mass is 9.99. The summed E-state index contributed by atoms with van der Waals surface area (Å²) in [7, 11) is 1.74. The lowest BCUT2D eigenvalue weighted by Crippen LogP contribution is -2.61. The van der Waals surface area contributed by atoms with E-state index in [1.165, 1.54) is 0 Å². The van der Waals surface area contributed by atoms with Gasteiger partial charge in [-0.05, 0) is 163 Å². The van der Waals surface area contributed by atoms with Crippen molar-refractivity contribution in [1.82, 2.24) is 106 Å². The van der Waals surface area contributed by atoms with Gasteiger partial charge in [0.1, 0.15) is 96.7 Å². The third kappa shape index (κ3) is 50.1. The van der Waals surface area contributed by atoms with Crippen molar-refractivity contribution in [3.63, 3.8) is 0 Å². The molecule has 0 bridgehead atoms. The number of carboxylic acid groups (broad SMARTS) is 1. The number of hydrogen-bond acceptors (Lipinski definition) is 29. The molecule has 0 spiro atoms. The van der Waals surface area contributed by atoms with Gasteiger partial charge in [0.2, 0.25) is 118 Å². The molecule has 48 nitrogen and oxygen atoms in total. The number of carbonyl (C=O) groups is 21. The SMILES string of the molecule is CC(C)C[C@@H]1NC(=O)CNC(=O)[C@H](CO)NC(=O)[C@H](C(C)C)NC(=O)CNC(=O)C(NC(=O)[C@H](CC(C)C)NC(=O)[C@@H](NC(=O)[C@H](CCCCN)NC(=O)[C@H](CCCCN)NC(=O)CNC(=O)[C@@H](NC(=O)CNC(=O)[C@H](CC(C)C)NC(=O)[C@@H](NC(=O)[C@H](CCCCN)NC(=O)[C@H](CO)NC(=O)[C@H](CC(C)C)NC(=O)[C@H](CC(C)C)NC(=O)CN)C(C)C)C(C)C)C(C)C)CSSCC(C(=O)O)NC1=O. The van der Waals surface area contributed by atoms with Gasteiger partial charge in [0.15, 0.2) is 0 Å². The Bertz CT molecular complexity index is 4050. The molecular weight excluding hydrogens is 1870 g/mol. The molecule has 0 aromatic heterocycles. The number of aliphatic hydroxyl groups excluding tert-OH is 2. The molecule has 0 aromatic carbocycles. The van der Waals surface area contributed by atoms with Gasteiger partial charge >= 0.3 is 5.97 Å². The Hall–Kier alpha value is -10.7. The van der Waals surface area contributed by atoms with Crippen molar-refractivity contribution in [2.75, 3.05) is 77.1 Å². The fraction of sp³-hybridized carbons (Fsp3) is 0.767. The Labute approximate surface area is 828 Å². The highest BCUT2D eigenvalue weighted by Gasteiger charge is 2.41. The van der Waals surface area contributed by atoms with E-state index >= 15 is 0 Å². The highest BCUT2D eigenvalue weighted by Crippen LogP contribution is 2.25. The molecule has 0 aromatic rings. The number of aliphatic carboxylic acids is 1. The summed E-state index contributed by atoms with van der Waals surface area (Å²) in [6, 6.07) is -22.5. The van der Waals surface area contributed by atoms with Gasteiger partial charge in [-0.3, -0.25) is 95.9 Å². The second kappa shape index (κ2) is 67.7. The van der Waals surface area contributed by atoms with Crippen LogP contribution >= 0.6 is 21.6 Å². The molecule has 1 fully saturated rings. The predicted molar refractivity (Wildman–Crippen MR) is 524 cm³/mol. The van der Waals surface area contributed by atoms with Crippen LogP contribution in [0.15, 0.2) is 0 Å². The third-order valence-electron chi connectivity index (χ3n) is 21.8. The first-order chi connectivity index (χ1) is 65.7. The zero-order valence-electron chi connectivity index (χ0n) is 84.4. The lowest BCUT2D eigenvalue weighted by Gasteiger charge is -2.29. The normalized spacial score (nSPS) is 18.5. The number of nitrogens with one attached hydrogen (secondary N) is 20. The Morgan fingerprint density at radius 1 is 0.357 bits per heavy atom. The van der Waals surface area contributed by atoms with E-state index in [0.29, 0.717) is 25.7 Å². The van der Waals surface area contributed by atoms with Crippen LogP contribution in [0.3, 0.4) is 0 Å². The molecular formula is C90H162N24O24S2. The molecule has 31 N–H and O–H groups in total. The molecule has 2 unspecified atom stereocenters. The highest BCUT2D eigenvalue weighted by atomic mass is 33.1. The van der Waals surface area contributed by atoms with Gasteiger partial charge in [0.05, 0.1) is 45.9 Å². The third-order valence-corrected chi connectivity index (χ3v) is 24.3. The van der Waals surface area contributed by atoms with Gasteiger partial charge in [-0.1, -0.05) is 146 Å². The zero-order chi connectivity index (χ0) is 106. The molecule has 1 saturated heterocycles. The second-order valence-corrected chi connectivity index (χ2v) is 40.9. The van der Waals surface area contributed by atoms with Crippen LogP contribution < -0.4 is 129 Å². The number of aliphatic hydroxyl groups is 2. The zero-order valence-corrected chi connectivity index (χ0v) is 86.0. The van der Waals surface area contributed by atoms with Crippen LogP contribution in [0.1, 0.15) is 215 Å². The molecule has 50 heteroatoms. The van der Waals surface area contributed by atoms with E-state index in [-0.39, 0.29) is 125 Å². The number of carbonyl (C=O) groups excluding carboxylic acids is 20. The van der Waals surface area contributed by atoms with Crippen LogP contribution in [0.4, 0.5) is 0 Å². The molecule has 0 saturated carbocycles. The molecule has 0 radical (unpaired) electrons. The fourth-order valence-corrected chi connectivity index (χ4v) is 16.5. The van der Waals surface area contributed by atoms with Gasteiger partial charge in [-0.25, -0.2) is 4.79 Å². The van der Waals surface area contributed by atoms with E-state index < -0.39 is 290 Å². The maximum absolute atomic E-state index is 14.7. The molecule has 1 aliphatic heterocycles. The molecule has 798 valence electrons. The largest absolute Gasteiger partial charge is 0.480 e. The summed E-state index contributed by atoms with van der Waals surface area (Å²) in [6.45, 7) is 25.5. The second-order valence-electron chi connectivity index (χ2n) is 38.3. The average Bonchev–Trinajstić information content (AvgIpc) is 1.86. The summed E-state index contributed by atoms with van der Waals surface area (Å²) in [5.41, 5.74) is 23.0. The molecule has 20 amide bonds. The molecule has 1 rings (SSSR count). The van der Waals surface area contributed by atoms with Crippen molar-refractivity contribution in [2.45, 2.75) is 311 Å². The summed E-state index contributed by atoms with van der Waals surface area (Å²) in [5, 5.41) is 81.5. The van der Waals surface area contributed by atoms with E-state index in [0.717, 1.165) is 21.6 Å². The molecule has 1 aliphatic rings. The maximum Gasteiger partial charge on any atom is 0.327 e. The number of hydrogen-bond donors (Lipinski definition) is 27. The summed E-state index contributed by atoms with van der Waals surface area (Å²) in [4.78, 5) is 290. The van der Waals surface area contributed by atoms with E-state index in [2.05, 4.69) is 106 Å². The first kappa shape index (κ1) is 127. The minimum atomic E-state index is -1.66. The predicted octanol–water partition coefficient (Wildman–Crippen LogP) is -6.13. The van der Waals surface area contributed by atoms with Crippen molar-refractivity contribution >= 4 is 146 Å². The Morgan fingerprint density at radius 2 is 0.721 bits per heavy atom. The smallest absolute Gasteiger partial charge is 0.327 e. The van der Waals surface area contributed by atoms with E-state index in [1.54, 1.807) is 111 Å². The highest BCUT2D eigenvalue weighted by molar-refractivity contribution is 8.76. The number of amides is 20. The molecule has 140 heavy (non-hydrogen) atoms. The van der Waals surface area contributed by atoms with Crippen LogP contribution in [-0.4, -0.2) is 313 Å². The van der Waals surface area contributed by atoms with E-state index in [1.807, 2.05) is 13.8 Å². The fourth-order valence-electron chi connectivity index (χ4n) is 14.2. The Balaban J connectivity index is 3.52. The van der Waals surface area contributed by atoms with Crippen molar-refractivity contribution < 1.29 is 116 Å². The van der Waals surface area contributed by atoms with Crippen LogP contribution in [0.2, 0.25) is 0 Å². The van der Waals surface area contributed by atoms with Crippen molar-refractivity contribution in [3.8, 4) is 0 Å².